The van der Waals surface area contributed by atoms with Gasteiger partial charge in [-0.2, -0.15) is 14.4 Å². The van der Waals surface area contributed by atoms with Crippen molar-refractivity contribution in [3.05, 3.63) is 41.2 Å². The first kappa shape index (κ1) is 22.2. The Balaban J connectivity index is 1.46. The number of fused-ring (bicyclic) bond motifs is 5. The first-order chi connectivity index (χ1) is 16.4. The van der Waals surface area contributed by atoms with Crippen LogP contribution in [0, 0.1) is 5.95 Å². The third kappa shape index (κ3) is 4.44. The fourth-order valence-corrected chi connectivity index (χ4v) is 4.87. The van der Waals surface area contributed by atoms with Gasteiger partial charge in [0, 0.05) is 40.7 Å². The predicted octanol–water partition coefficient (Wildman–Crippen LogP) is 3.61. The van der Waals surface area contributed by atoms with E-state index < -0.39 is 5.95 Å². The number of carbonyl (C=O) groups excluding carboxylic acids is 1. The van der Waals surface area contributed by atoms with Gasteiger partial charge in [0.2, 0.25) is 5.95 Å². The second kappa shape index (κ2) is 8.99. The van der Waals surface area contributed by atoms with E-state index in [9.17, 15) is 9.18 Å². The number of amides is 1. The number of anilines is 3. The van der Waals surface area contributed by atoms with Crippen LogP contribution in [-0.4, -0.2) is 65.6 Å². The highest BCUT2D eigenvalue weighted by atomic mass is 32.1. The molecule has 176 valence electrons. The first-order valence-corrected chi connectivity index (χ1v) is 11.7. The maximum atomic E-state index is 14.0. The number of nitrogens with one attached hydrogen (secondary N) is 3. The molecule has 11 heteroatoms. The summed E-state index contributed by atoms with van der Waals surface area (Å²) in [6, 6.07) is 8.82. The van der Waals surface area contributed by atoms with E-state index in [-0.39, 0.29) is 23.8 Å². The lowest BCUT2D eigenvalue weighted by atomic mass is 10.1. The van der Waals surface area contributed by atoms with Gasteiger partial charge in [-0.1, -0.05) is 0 Å². The molecule has 0 saturated carbocycles. The Hall–Kier alpha value is -3.57. The van der Waals surface area contributed by atoms with E-state index in [0.717, 1.165) is 26.7 Å². The number of ether oxygens (including phenoxy) is 1. The second-order valence-electron chi connectivity index (χ2n) is 8.40. The molecule has 4 aromatic rings. The molecule has 5 rings (SSSR count). The van der Waals surface area contributed by atoms with E-state index in [4.69, 9.17) is 4.74 Å². The van der Waals surface area contributed by atoms with Gasteiger partial charge in [0.05, 0.1) is 11.2 Å². The molecular weight excluding hydrogens is 457 g/mol. The molecule has 1 atom stereocenters. The number of nitrogens with zero attached hydrogens (tertiary/aromatic N) is 4. The SMILES string of the molecule is C[C@@H]1CNc2c(sc3ccc4nc(Nc5cc(F)nc(OCCN(C)C)n5)ccc4c23)C(=O)N1. The maximum absolute atomic E-state index is 14.0. The molecule has 3 aromatic heterocycles. The lowest BCUT2D eigenvalue weighted by molar-refractivity contribution is 0.0949. The predicted molar refractivity (Wildman–Crippen MR) is 132 cm³/mol. The maximum Gasteiger partial charge on any atom is 0.321 e. The smallest absolute Gasteiger partial charge is 0.321 e. The number of pyridine rings is 1. The number of halogens is 1. The molecule has 0 bridgehead atoms. The molecule has 0 unspecified atom stereocenters. The molecule has 1 aliphatic rings. The monoisotopic (exact) mass is 481 g/mol. The lowest BCUT2D eigenvalue weighted by Crippen LogP contribution is -2.34. The highest BCUT2D eigenvalue weighted by molar-refractivity contribution is 7.21. The fraction of sp³-hybridized carbons (Fsp3) is 0.304. The van der Waals surface area contributed by atoms with Crippen LogP contribution in [0.25, 0.3) is 21.0 Å². The lowest BCUT2D eigenvalue weighted by Gasteiger charge is -2.11. The minimum atomic E-state index is -0.695. The summed E-state index contributed by atoms with van der Waals surface area (Å²) in [6.45, 7) is 3.61. The van der Waals surface area contributed by atoms with Crippen LogP contribution < -0.4 is 20.7 Å². The highest BCUT2D eigenvalue weighted by Gasteiger charge is 2.24. The molecule has 0 aliphatic carbocycles. The molecule has 34 heavy (non-hydrogen) atoms. The van der Waals surface area contributed by atoms with E-state index in [0.29, 0.717) is 30.4 Å². The Morgan fingerprint density at radius 2 is 2.06 bits per heavy atom. The molecule has 0 spiro atoms. The molecule has 9 nitrogen and oxygen atoms in total. The van der Waals surface area contributed by atoms with Gasteiger partial charge in [0.15, 0.2) is 0 Å². The zero-order chi connectivity index (χ0) is 23.8. The van der Waals surface area contributed by atoms with Crippen molar-refractivity contribution < 1.29 is 13.9 Å². The molecule has 4 heterocycles. The zero-order valence-electron chi connectivity index (χ0n) is 19.0. The molecule has 1 amide bonds. The van der Waals surface area contributed by atoms with E-state index >= 15 is 0 Å². The Kier molecular flexibility index (Phi) is 5.88. The summed E-state index contributed by atoms with van der Waals surface area (Å²) in [5.41, 5.74) is 1.59. The third-order valence-electron chi connectivity index (χ3n) is 5.39. The summed E-state index contributed by atoms with van der Waals surface area (Å²) in [6.07, 6.45) is 0. The van der Waals surface area contributed by atoms with Gasteiger partial charge >= 0.3 is 6.01 Å². The summed E-state index contributed by atoms with van der Waals surface area (Å²) in [4.78, 5) is 27.8. The van der Waals surface area contributed by atoms with Crippen LogP contribution in [0.2, 0.25) is 0 Å². The van der Waals surface area contributed by atoms with Crippen molar-refractivity contribution in [1.29, 1.82) is 0 Å². The third-order valence-corrected chi connectivity index (χ3v) is 6.54. The Morgan fingerprint density at radius 3 is 2.88 bits per heavy atom. The van der Waals surface area contributed by atoms with Crippen LogP contribution in [0.15, 0.2) is 30.3 Å². The van der Waals surface area contributed by atoms with Gasteiger partial charge in [-0.05, 0) is 45.3 Å². The molecule has 0 saturated heterocycles. The average Bonchev–Trinajstić information content (AvgIpc) is 3.09. The van der Waals surface area contributed by atoms with Gasteiger partial charge in [0.25, 0.3) is 5.91 Å². The summed E-state index contributed by atoms with van der Waals surface area (Å²) >= 11 is 1.46. The molecule has 0 fully saturated rings. The van der Waals surface area contributed by atoms with Gasteiger partial charge in [-0.15, -0.1) is 11.3 Å². The summed E-state index contributed by atoms with van der Waals surface area (Å²) in [5, 5.41) is 11.4. The quantitative estimate of drug-likeness (QED) is 0.359. The van der Waals surface area contributed by atoms with Crippen LogP contribution >= 0.6 is 11.3 Å². The number of carbonyl (C=O) groups is 1. The van der Waals surface area contributed by atoms with Crippen molar-refractivity contribution in [2.45, 2.75) is 13.0 Å². The highest BCUT2D eigenvalue weighted by Crippen LogP contribution is 2.41. The number of hydrogen-bond donors (Lipinski definition) is 3. The van der Waals surface area contributed by atoms with Crippen LogP contribution in [0.3, 0.4) is 0 Å². The molecule has 3 N–H and O–H groups in total. The Morgan fingerprint density at radius 1 is 1.21 bits per heavy atom. The largest absolute Gasteiger partial charge is 0.462 e. The first-order valence-electron chi connectivity index (χ1n) is 10.9. The molecular formula is C23H24FN7O2S. The van der Waals surface area contributed by atoms with E-state index in [2.05, 4.69) is 30.9 Å². The minimum absolute atomic E-state index is 0.0357. The van der Waals surface area contributed by atoms with Crippen molar-refractivity contribution >= 4 is 55.6 Å². The normalized spacial score (nSPS) is 15.7. The number of likely N-dealkylation sites (N-methyl/N-ethyl adjacent to an activating group) is 1. The number of rotatable bonds is 6. The summed E-state index contributed by atoms with van der Waals surface area (Å²) in [5.74, 6) is -0.0104. The summed E-state index contributed by atoms with van der Waals surface area (Å²) < 4.78 is 20.5. The second-order valence-corrected chi connectivity index (χ2v) is 9.45. The topological polar surface area (TPSA) is 104 Å². The van der Waals surface area contributed by atoms with Crippen LogP contribution in [0.1, 0.15) is 16.6 Å². The number of hydrogen-bond acceptors (Lipinski definition) is 9. The van der Waals surface area contributed by atoms with Gasteiger partial charge < -0.3 is 25.6 Å². The van der Waals surface area contributed by atoms with E-state index in [1.165, 1.54) is 17.4 Å². The van der Waals surface area contributed by atoms with Gasteiger partial charge in [-0.25, -0.2) is 4.98 Å². The van der Waals surface area contributed by atoms with Crippen LogP contribution in [-0.2, 0) is 0 Å². The van der Waals surface area contributed by atoms with Gasteiger partial charge in [-0.3, -0.25) is 4.79 Å². The molecule has 1 aliphatic heterocycles. The van der Waals surface area contributed by atoms with Crippen molar-refractivity contribution in [3.63, 3.8) is 0 Å². The number of aromatic nitrogens is 3. The summed E-state index contributed by atoms with van der Waals surface area (Å²) in [7, 11) is 3.83. The van der Waals surface area contributed by atoms with Crippen molar-refractivity contribution in [2.24, 2.45) is 0 Å². The van der Waals surface area contributed by atoms with Crippen molar-refractivity contribution in [3.8, 4) is 6.01 Å². The standard InChI is InChI=1S/C23H24FN7O2S/c1-12-11-25-20-19-13-4-7-17(27-14(13)5-6-15(19)34-21(20)22(32)26-12)29-18-10-16(24)28-23(30-18)33-9-8-31(2)3/h4-7,10,12,25H,8-9,11H2,1-3H3,(H,26,32)(H,27,28,29,30)/t12-/m1/s1. The molecule has 0 radical (unpaired) electrons. The minimum Gasteiger partial charge on any atom is -0.462 e. The Labute approximate surface area is 199 Å². The Bertz CT molecular complexity index is 1390. The number of benzene rings is 1. The van der Waals surface area contributed by atoms with Crippen molar-refractivity contribution in [2.75, 3.05) is 44.4 Å². The van der Waals surface area contributed by atoms with Crippen molar-refractivity contribution in [1.82, 2.24) is 25.2 Å². The van der Waals surface area contributed by atoms with E-state index in [1.54, 1.807) is 6.07 Å². The number of thiophene rings is 1. The molecule has 1 aromatic carbocycles. The van der Waals surface area contributed by atoms with Gasteiger partial charge in [0.1, 0.15) is 23.1 Å². The van der Waals surface area contributed by atoms with Crippen LogP contribution in [0.5, 0.6) is 6.01 Å². The average molecular weight is 482 g/mol. The van der Waals surface area contributed by atoms with Crippen LogP contribution in [0.4, 0.5) is 21.7 Å². The zero-order valence-corrected chi connectivity index (χ0v) is 19.8. The fourth-order valence-electron chi connectivity index (χ4n) is 3.77. The van der Waals surface area contributed by atoms with E-state index in [1.807, 2.05) is 44.1 Å².